The van der Waals surface area contributed by atoms with Crippen LogP contribution in [0.15, 0.2) is 47.6 Å². The number of aromatic amines is 1. The van der Waals surface area contributed by atoms with E-state index in [2.05, 4.69) is 15.2 Å². The molecule has 0 bridgehead atoms. The molecule has 132 valence electrons. The standard InChI is InChI=1S/C18H14FN3O3S/c19-13-4-2-1-3-12(13)17-20-18(22-21-17)26-10-14(23)11-5-6-15-16(9-11)25-8-7-24-15/h1-6,9H,7-8,10H2,(H,20,21,22). The van der Waals surface area contributed by atoms with Crippen LogP contribution in [0.4, 0.5) is 4.39 Å². The molecule has 0 radical (unpaired) electrons. The molecule has 0 aliphatic carbocycles. The van der Waals surface area contributed by atoms with Gasteiger partial charge < -0.3 is 9.47 Å². The van der Waals surface area contributed by atoms with E-state index in [-0.39, 0.29) is 17.4 Å². The Kier molecular flexibility index (Phi) is 4.57. The molecule has 8 heteroatoms. The van der Waals surface area contributed by atoms with Crippen molar-refractivity contribution in [3.05, 3.63) is 53.8 Å². The zero-order valence-electron chi connectivity index (χ0n) is 13.6. The number of nitrogens with one attached hydrogen (secondary N) is 1. The molecule has 0 saturated heterocycles. The number of carbonyl (C=O) groups excluding carboxylic acids is 1. The first-order chi connectivity index (χ1) is 12.7. The summed E-state index contributed by atoms with van der Waals surface area (Å²) in [6, 6.07) is 11.4. The van der Waals surface area contributed by atoms with Crippen molar-refractivity contribution in [2.45, 2.75) is 5.16 Å². The number of carbonyl (C=O) groups is 1. The van der Waals surface area contributed by atoms with Crippen molar-refractivity contribution < 1.29 is 18.7 Å². The molecule has 2 heterocycles. The average molecular weight is 371 g/mol. The van der Waals surface area contributed by atoms with Crippen LogP contribution >= 0.6 is 11.8 Å². The highest BCUT2D eigenvalue weighted by atomic mass is 32.2. The Morgan fingerprint density at radius 2 is 1.96 bits per heavy atom. The summed E-state index contributed by atoms with van der Waals surface area (Å²) in [4.78, 5) is 16.6. The van der Waals surface area contributed by atoms with E-state index in [1.807, 2.05) is 0 Å². The average Bonchev–Trinajstić information content (AvgIpc) is 3.15. The number of thioether (sulfide) groups is 1. The zero-order valence-corrected chi connectivity index (χ0v) is 14.4. The van der Waals surface area contributed by atoms with E-state index in [4.69, 9.17) is 9.47 Å². The van der Waals surface area contributed by atoms with Crippen LogP contribution in [0, 0.1) is 5.82 Å². The maximum absolute atomic E-state index is 13.8. The second-order valence-electron chi connectivity index (χ2n) is 5.52. The number of H-pyrrole nitrogens is 1. The number of ether oxygens (including phenoxy) is 2. The van der Waals surface area contributed by atoms with E-state index in [9.17, 15) is 9.18 Å². The molecule has 0 saturated carbocycles. The number of fused-ring (bicyclic) bond motifs is 1. The number of benzene rings is 2. The van der Waals surface area contributed by atoms with Gasteiger partial charge in [-0.2, -0.15) is 0 Å². The van der Waals surface area contributed by atoms with Gasteiger partial charge in [-0.3, -0.25) is 9.89 Å². The summed E-state index contributed by atoms with van der Waals surface area (Å²) in [5, 5.41) is 7.11. The van der Waals surface area contributed by atoms with Gasteiger partial charge in [0.1, 0.15) is 19.0 Å². The van der Waals surface area contributed by atoms with E-state index in [1.165, 1.54) is 17.8 Å². The number of nitrogens with zero attached hydrogens (tertiary/aromatic N) is 2. The summed E-state index contributed by atoms with van der Waals surface area (Å²) in [7, 11) is 0. The summed E-state index contributed by atoms with van der Waals surface area (Å²) in [6.07, 6.45) is 0. The fraction of sp³-hybridized carbons (Fsp3) is 0.167. The van der Waals surface area contributed by atoms with Gasteiger partial charge >= 0.3 is 0 Å². The Morgan fingerprint density at radius 3 is 2.81 bits per heavy atom. The second-order valence-corrected chi connectivity index (χ2v) is 6.46. The highest BCUT2D eigenvalue weighted by Crippen LogP contribution is 2.31. The number of halogens is 1. The Hall–Kier alpha value is -2.87. The molecule has 1 aliphatic heterocycles. The van der Waals surface area contributed by atoms with Crippen LogP contribution in [0.25, 0.3) is 11.4 Å². The third kappa shape index (κ3) is 3.41. The van der Waals surface area contributed by atoms with Crippen LogP contribution < -0.4 is 9.47 Å². The topological polar surface area (TPSA) is 77.1 Å². The van der Waals surface area contributed by atoms with Crippen LogP contribution in [0.1, 0.15) is 10.4 Å². The van der Waals surface area contributed by atoms with Crippen LogP contribution in [0.2, 0.25) is 0 Å². The Bertz CT molecular complexity index is 960. The largest absolute Gasteiger partial charge is 0.486 e. The molecule has 1 aliphatic rings. The van der Waals surface area contributed by atoms with Crippen LogP contribution in [0.5, 0.6) is 11.5 Å². The van der Waals surface area contributed by atoms with Gasteiger partial charge in [0, 0.05) is 5.56 Å². The van der Waals surface area contributed by atoms with E-state index in [0.29, 0.717) is 46.8 Å². The highest BCUT2D eigenvalue weighted by molar-refractivity contribution is 7.99. The highest BCUT2D eigenvalue weighted by Gasteiger charge is 2.16. The molecular formula is C18H14FN3O3S. The molecule has 6 nitrogen and oxygen atoms in total. The Labute approximate surface area is 152 Å². The first-order valence-corrected chi connectivity index (χ1v) is 8.92. The molecule has 1 N–H and O–H groups in total. The molecule has 2 aromatic carbocycles. The van der Waals surface area contributed by atoms with E-state index in [1.54, 1.807) is 36.4 Å². The predicted molar refractivity (Wildman–Crippen MR) is 94.3 cm³/mol. The van der Waals surface area contributed by atoms with Crippen molar-refractivity contribution in [3.63, 3.8) is 0 Å². The lowest BCUT2D eigenvalue weighted by Crippen LogP contribution is -2.16. The molecule has 1 aromatic heterocycles. The van der Waals surface area contributed by atoms with Crippen LogP contribution in [0.3, 0.4) is 0 Å². The zero-order chi connectivity index (χ0) is 17.9. The molecular weight excluding hydrogens is 357 g/mol. The molecule has 26 heavy (non-hydrogen) atoms. The quantitative estimate of drug-likeness (QED) is 0.547. The summed E-state index contributed by atoms with van der Waals surface area (Å²) in [5.41, 5.74) is 0.872. The fourth-order valence-electron chi connectivity index (χ4n) is 2.51. The first kappa shape index (κ1) is 16.6. The summed E-state index contributed by atoms with van der Waals surface area (Å²) in [5.74, 6) is 1.25. The van der Waals surface area contributed by atoms with Gasteiger partial charge in [0.05, 0.1) is 11.3 Å². The van der Waals surface area contributed by atoms with Crippen LogP contribution in [-0.4, -0.2) is 39.9 Å². The minimum absolute atomic E-state index is 0.0794. The maximum Gasteiger partial charge on any atom is 0.209 e. The smallest absolute Gasteiger partial charge is 0.209 e. The van der Waals surface area contributed by atoms with Crippen molar-refractivity contribution in [2.24, 2.45) is 0 Å². The normalized spacial score (nSPS) is 12.8. The molecule has 0 amide bonds. The molecule has 3 aromatic rings. The van der Waals surface area contributed by atoms with Gasteiger partial charge in [-0.15, -0.1) is 5.10 Å². The minimum Gasteiger partial charge on any atom is -0.486 e. The number of rotatable bonds is 5. The summed E-state index contributed by atoms with van der Waals surface area (Å²) < 4.78 is 24.7. The van der Waals surface area contributed by atoms with Gasteiger partial charge in [-0.1, -0.05) is 23.9 Å². The van der Waals surface area contributed by atoms with Crippen LogP contribution in [-0.2, 0) is 0 Å². The first-order valence-electron chi connectivity index (χ1n) is 7.93. The monoisotopic (exact) mass is 371 g/mol. The van der Waals surface area contributed by atoms with Gasteiger partial charge in [0.15, 0.2) is 23.1 Å². The van der Waals surface area contributed by atoms with E-state index < -0.39 is 0 Å². The van der Waals surface area contributed by atoms with Gasteiger partial charge in [0.25, 0.3) is 0 Å². The lowest BCUT2D eigenvalue weighted by atomic mass is 10.1. The third-order valence-corrected chi connectivity index (χ3v) is 4.64. The Balaban J connectivity index is 1.43. The van der Waals surface area contributed by atoms with E-state index in [0.717, 1.165) is 0 Å². The number of ketones is 1. The van der Waals surface area contributed by atoms with Crippen molar-refractivity contribution in [3.8, 4) is 22.9 Å². The SMILES string of the molecule is O=C(CSc1n[nH]c(-c2ccccc2F)n1)c1ccc2c(c1)OCCO2. The summed E-state index contributed by atoms with van der Waals surface area (Å²) >= 11 is 1.18. The van der Waals surface area contributed by atoms with Crippen molar-refractivity contribution in [1.82, 2.24) is 15.2 Å². The van der Waals surface area contributed by atoms with Crippen molar-refractivity contribution >= 4 is 17.5 Å². The lowest BCUT2D eigenvalue weighted by Gasteiger charge is -2.18. The fourth-order valence-corrected chi connectivity index (χ4v) is 3.21. The second kappa shape index (κ2) is 7.17. The summed E-state index contributed by atoms with van der Waals surface area (Å²) in [6.45, 7) is 0.973. The molecule has 0 fully saturated rings. The third-order valence-electron chi connectivity index (χ3n) is 3.79. The minimum atomic E-state index is -0.382. The molecule has 0 spiro atoms. The number of hydrogen-bond donors (Lipinski definition) is 1. The lowest BCUT2D eigenvalue weighted by molar-refractivity contribution is 0.102. The van der Waals surface area contributed by atoms with Crippen molar-refractivity contribution in [1.29, 1.82) is 0 Å². The van der Waals surface area contributed by atoms with Gasteiger partial charge in [-0.25, -0.2) is 9.37 Å². The Morgan fingerprint density at radius 1 is 1.15 bits per heavy atom. The number of Topliss-reactive ketones (excluding diaryl/α,β-unsaturated/α-hetero) is 1. The van der Waals surface area contributed by atoms with E-state index >= 15 is 0 Å². The predicted octanol–water partition coefficient (Wildman–Crippen LogP) is 3.36. The van der Waals surface area contributed by atoms with Gasteiger partial charge in [0.2, 0.25) is 5.16 Å². The number of aromatic nitrogens is 3. The maximum atomic E-state index is 13.8. The molecule has 4 rings (SSSR count). The number of hydrogen-bond acceptors (Lipinski definition) is 6. The molecule has 0 atom stereocenters. The van der Waals surface area contributed by atoms with Gasteiger partial charge in [-0.05, 0) is 30.3 Å². The van der Waals surface area contributed by atoms with Crippen molar-refractivity contribution in [2.75, 3.05) is 19.0 Å². The molecule has 0 unspecified atom stereocenters.